The van der Waals surface area contributed by atoms with E-state index in [1.54, 1.807) is 0 Å². The zero-order valence-electron chi connectivity index (χ0n) is 6.74. The first kappa shape index (κ1) is 6.92. The number of nitrogens with zero attached hydrogens (tertiary/aromatic N) is 2. The third kappa shape index (κ3) is 1.46. The molecule has 0 unspecified atom stereocenters. The molecule has 1 fully saturated rings. The van der Waals surface area contributed by atoms with Crippen LogP contribution in [0.1, 0.15) is 12.8 Å². The predicted molar refractivity (Wildman–Crippen MR) is 45.8 cm³/mol. The summed E-state index contributed by atoms with van der Waals surface area (Å²) in [6.45, 7) is 3.52. The summed E-state index contributed by atoms with van der Waals surface area (Å²) < 4.78 is 0. The molecule has 0 aromatic carbocycles. The minimum absolute atomic E-state index is 1.05. The largest absolute Gasteiger partial charge is 0.309 e. The van der Waals surface area contributed by atoms with E-state index in [1.807, 2.05) is 0 Å². The van der Waals surface area contributed by atoms with Crippen molar-refractivity contribution in [3.05, 3.63) is 24.4 Å². The lowest BCUT2D eigenvalue weighted by Gasteiger charge is -2.30. The van der Waals surface area contributed by atoms with Crippen LogP contribution in [0.5, 0.6) is 0 Å². The molecule has 0 amide bonds. The van der Waals surface area contributed by atoms with Crippen LogP contribution in [0.4, 0.5) is 0 Å². The topological polar surface area (TPSA) is 6.48 Å². The van der Waals surface area contributed by atoms with Gasteiger partial charge in [0.05, 0.1) is 6.54 Å². The molecule has 2 aliphatic rings. The highest BCUT2D eigenvalue weighted by molar-refractivity contribution is 5.07. The second-order valence-electron chi connectivity index (χ2n) is 3.05. The Labute approximate surface area is 67.8 Å². The van der Waals surface area contributed by atoms with Gasteiger partial charge in [-0.15, -0.1) is 0 Å². The van der Waals surface area contributed by atoms with Crippen LogP contribution in [-0.2, 0) is 0 Å². The predicted octanol–water partition coefficient (Wildman–Crippen LogP) is 1.38. The van der Waals surface area contributed by atoms with E-state index in [0.29, 0.717) is 0 Å². The number of hydrogen-bond donors (Lipinski definition) is 0. The van der Waals surface area contributed by atoms with E-state index in [0.717, 1.165) is 6.54 Å². The highest BCUT2D eigenvalue weighted by Crippen LogP contribution is 2.12. The Morgan fingerprint density at radius 2 is 1.82 bits per heavy atom. The van der Waals surface area contributed by atoms with Crippen molar-refractivity contribution >= 4 is 0 Å². The SMILES string of the molecule is C1=CCN(N2CCCC2)C=C1. The highest BCUT2D eigenvalue weighted by atomic mass is 15.6. The number of hydrogen-bond acceptors (Lipinski definition) is 2. The van der Waals surface area contributed by atoms with Crippen molar-refractivity contribution in [2.45, 2.75) is 12.8 Å². The van der Waals surface area contributed by atoms with Crippen LogP contribution < -0.4 is 0 Å². The van der Waals surface area contributed by atoms with E-state index in [9.17, 15) is 0 Å². The lowest BCUT2D eigenvalue weighted by Crippen LogP contribution is -2.37. The van der Waals surface area contributed by atoms with Gasteiger partial charge in [-0.05, 0) is 18.9 Å². The van der Waals surface area contributed by atoms with Crippen LogP contribution in [0, 0.1) is 0 Å². The third-order valence-electron chi connectivity index (χ3n) is 2.24. The summed E-state index contributed by atoms with van der Waals surface area (Å²) in [7, 11) is 0. The fourth-order valence-electron chi connectivity index (χ4n) is 1.62. The van der Waals surface area contributed by atoms with Crippen molar-refractivity contribution in [2.75, 3.05) is 19.6 Å². The second-order valence-corrected chi connectivity index (χ2v) is 3.05. The summed E-state index contributed by atoms with van der Waals surface area (Å²) in [4.78, 5) is 0. The second kappa shape index (κ2) is 3.09. The first-order valence-electron chi connectivity index (χ1n) is 4.32. The molecule has 2 aliphatic heterocycles. The van der Waals surface area contributed by atoms with Gasteiger partial charge < -0.3 is 5.01 Å². The van der Waals surface area contributed by atoms with Gasteiger partial charge in [-0.2, -0.15) is 0 Å². The standard InChI is InChI=1S/C9H14N2/c1-2-6-10(7-3-1)11-8-4-5-9-11/h1-3,6H,4-5,7-9H2. The molecule has 0 aromatic heterocycles. The molecule has 60 valence electrons. The summed E-state index contributed by atoms with van der Waals surface area (Å²) in [5.74, 6) is 0. The summed E-state index contributed by atoms with van der Waals surface area (Å²) in [6.07, 6.45) is 11.3. The van der Waals surface area contributed by atoms with Crippen molar-refractivity contribution in [3.8, 4) is 0 Å². The lowest BCUT2D eigenvalue weighted by atomic mass is 10.4. The maximum absolute atomic E-state index is 2.42. The zero-order chi connectivity index (χ0) is 7.52. The van der Waals surface area contributed by atoms with E-state index in [2.05, 4.69) is 34.4 Å². The maximum atomic E-state index is 2.42. The van der Waals surface area contributed by atoms with Crippen LogP contribution in [0.25, 0.3) is 0 Å². The van der Waals surface area contributed by atoms with Gasteiger partial charge in [0.1, 0.15) is 0 Å². The summed E-state index contributed by atoms with van der Waals surface area (Å²) in [5, 5.41) is 4.72. The van der Waals surface area contributed by atoms with Crippen molar-refractivity contribution in [3.63, 3.8) is 0 Å². The molecule has 0 N–H and O–H groups in total. The minimum atomic E-state index is 1.05. The normalized spacial score (nSPS) is 24.9. The first-order valence-corrected chi connectivity index (χ1v) is 4.32. The van der Waals surface area contributed by atoms with E-state index in [4.69, 9.17) is 0 Å². The molecule has 0 aliphatic carbocycles. The van der Waals surface area contributed by atoms with Gasteiger partial charge in [0, 0.05) is 19.3 Å². The van der Waals surface area contributed by atoms with Crippen molar-refractivity contribution < 1.29 is 0 Å². The van der Waals surface area contributed by atoms with E-state index in [-0.39, 0.29) is 0 Å². The molecule has 0 aromatic rings. The van der Waals surface area contributed by atoms with Crippen LogP contribution in [0.15, 0.2) is 24.4 Å². The molecule has 0 saturated carbocycles. The summed E-state index contributed by atoms with van der Waals surface area (Å²) in [6, 6.07) is 0. The molecule has 2 heteroatoms. The van der Waals surface area contributed by atoms with Crippen LogP contribution in [0.3, 0.4) is 0 Å². The quantitative estimate of drug-likeness (QED) is 0.557. The molecule has 0 radical (unpaired) electrons. The zero-order valence-corrected chi connectivity index (χ0v) is 6.74. The van der Waals surface area contributed by atoms with Crippen LogP contribution in [-0.4, -0.2) is 29.7 Å². The molecule has 0 bridgehead atoms. The molecule has 0 spiro atoms. The Bertz CT molecular complexity index is 178. The molecule has 2 heterocycles. The monoisotopic (exact) mass is 150 g/mol. The third-order valence-corrected chi connectivity index (χ3v) is 2.24. The average molecular weight is 150 g/mol. The molecule has 2 rings (SSSR count). The van der Waals surface area contributed by atoms with Crippen molar-refractivity contribution in [2.24, 2.45) is 0 Å². The van der Waals surface area contributed by atoms with Crippen molar-refractivity contribution in [1.82, 2.24) is 10.0 Å². The number of rotatable bonds is 1. The Morgan fingerprint density at radius 1 is 1.00 bits per heavy atom. The Kier molecular flexibility index (Phi) is 1.95. The van der Waals surface area contributed by atoms with Gasteiger partial charge in [-0.1, -0.05) is 12.2 Å². The molecular weight excluding hydrogens is 136 g/mol. The van der Waals surface area contributed by atoms with E-state index in [1.165, 1.54) is 25.9 Å². The number of allylic oxidation sites excluding steroid dienone is 2. The van der Waals surface area contributed by atoms with E-state index >= 15 is 0 Å². The Hall–Kier alpha value is -0.760. The molecule has 11 heavy (non-hydrogen) atoms. The number of hydrazine groups is 1. The summed E-state index contributed by atoms with van der Waals surface area (Å²) in [5.41, 5.74) is 0. The van der Waals surface area contributed by atoms with Gasteiger partial charge in [-0.25, -0.2) is 5.01 Å². The minimum Gasteiger partial charge on any atom is -0.309 e. The molecule has 2 nitrogen and oxygen atoms in total. The van der Waals surface area contributed by atoms with Crippen LogP contribution >= 0.6 is 0 Å². The van der Waals surface area contributed by atoms with Gasteiger partial charge in [0.25, 0.3) is 0 Å². The highest BCUT2D eigenvalue weighted by Gasteiger charge is 2.15. The van der Waals surface area contributed by atoms with Gasteiger partial charge >= 0.3 is 0 Å². The maximum Gasteiger partial charge on any atom is 0.0524 e. The van der Waals surface area contributed by atoms with Crippen LogP contribution in [0.2, 0.25) is 0 Å². The molecule has 1 saturated heterocycles. The Morgan fingerprint density at radius 3 is 2.45 bits per heavy atom. The van der Waals surface area contributed by atoms with Gasteiger partial charge in [0.2, 0.25) is 0 Å². The Balaban J connectivity index is 1.94. The summed E-state index contributed by atoms with van der Waals surface area (Å²) >= 11 is 0. The van der Waals surface area contributed by atoms with E-state index < -0.39 is 0 Å². The average Bonchev–Trinajstić information content (AvgIpc) is 2.58. The fraction of sp³-hybridized carbons (Fsp3) is 0.556. The van der Waals surface area contributed by atoms with Crippen molar-refractivity contribution in [1.29, 1.82) is 0 Å². The fourth-order valence-corrected chi connectivity index (χ4v) is 1.62. The first-order chi connectivity index (χ1) is 5.47. The smallest absolute Gasteiger partial charge is 0.0524 e. The lowest BCUT2D eigenvalue weighted by molar-refractivity contribution is 0.0600. The molecule has 0 atom stereocenters. The van der Waals surface area contributed by atoms with Gasteiger partial charge in [0.15, 0.2) is 0 Å². The molecular formula is C9H14N2. The van der Waals surface area contributed by atoms with Gasteiger partial charge in [-0.3, -0.25) is 0 Å².